The molecule has 4 rings (SSSR count). The van der Waals surface area contributed by atoms with Gasteiger partial charge in [0.15, 0.2) is 5.78 Å². The molecule has 7 heteroatoms. The highest BCUT2D eigenvalue weighted by Gasteiger charge is 2.51. The molecule has 2 atom stereocenters. The summed E-state index contributed by atoms with van der Waals surface area (Å²) >= 11 is 0. The lowest BCUT2D eigenvalue weighted by molar-refractivity contribution is -0.908. The molecule has 2 fully saturated rings. The van der Waals surface area contributed by atoms with Gasteiger partial charge in [-0.2, -0.15) is 0 Å². The van der Waals surface area contributed by atoms with E-state index in [-0.39, 0.29) is 5.78 Å². The summed E-state index contributed by atoms with van der Waals surface area (Å²) in [7, 11) is 1.57. The van der Waals surface area contributed by atoms with Crippen molar-refractivity contribution in [1.82, 2.24) is 4.90 Å². The number of carbonyl (C=O) groups is 3. The number of ether oxygens (including phenoxy) is 2. The molecule has 0 aliphatic carbocycles. The quantitative estimate of drug-likeness (QED) is 0.372. The van der Waals surface area contributed by atoms with Crippen molar-refractivity contribution >= 4 is 17.5 Å². The van der Waals surface area contributed by atoms with Crippen molar-refractivity contribution in [3.05, 3.63) is 65.2 Å². The minimum absolute atomic E-state index is 0.316. The van der Waals surface area contributed by atoms with Crippen LogP contribution in [0.4, 0.5) is 0 Å². The molecule has 1 amide bonds. The highest BCUT2D eigenvalue weighted by molar-refractivity contribution is 6.44. The number of morpholine rings is 1. The van der Waals surface area contributed by atoms with Gasteiger partial charge in [0.2, 0.25) is 5.78 Å². The van der Waals surface area contributed by atoms with Crippen LogP contribution in [0.5, 0.6) is 5.75 Å². The van der Waals surface area contributed by atoms with Gasteiger partial charge in [-0.05, 0) is 36.2 Å². The Morgan fingerprint density at radius 2 is 1.85 bits per heavy atom. The average Bonchev–Trinajstić information content (AvgIpc) is 3.10. The number of ketones is 2. The van der Waals surface area contributed by atoms with E-state index in [1.807, 2.05) is 37.3 Å². The second kappa shape index (κ2) is 10.3. The molecule has 2 saturated heterocycles. The van der Waals surface area contributed by atoms with Gasteiger partial charge in [-0.1, -0.05) is 30.3 Å². The van der Waals surface area contributed by atoms with Crippen molar-refractivity contribution in [2.45, 2.75) is 19.4 Å². The molecule has 1 N–H and O–H groups in total. The Hall–Kier alpha value is -3.03. The van der Waals surface area contributed by atoms with Gasteiger partial charge in [-0.25, -0.2) is 0 Å². The van der Waals surface area contributed by atoms with Crippen molar-refractivity contribution in [1.29, 1.82) is 0 Å². The van der Waals surface area contributed by atoms with Gasteiger partial charge in [0, 0.05) is 18.5 Å². The predicted octanol–water partition coefficient (Wildman–Crippen LogP) is 1.26. The monoisotopic (exact) mass is 451 g/mol. The van der Waals surface area contributed by atoms with E-state index in [9.17, 15) is 14.4 Å². The number of rotatable bonds is 8. The first kappa shape index (κ1) is 23.1. The number of likely N-dealkylation sites (tertiary alicyclic amines) is 1. The molecule has 174 valence electrons. The largest absolute Gasteiger partial charge is 0.497 e. The smallest absolute Gasteiger partial charge is 0.291 e. The van der Waals surface area contributed by atoms with Gasteiger partial charge in [-0.15, -0.1) is 0 Å². The maximum Gasteiger partial charge on any atom is 0.291 e. The number of nitrogens with one attached hydrogen (secondary N) is 1. The Bertz CT molecular complexity index is 1020. The molecule has 0 bridgehead atoms. The highest BCUT2D eigenvalue weighted by atomic mass is 16.5. The number of nitrogens with zero attached hydrogens (tertiary/aromatic N) is 1. The number of hydrogen-bond donors (Lipinski definition) is 1. The molecule has 2 aromatic carbocycles. The summed E-state index contributed by atoms with van der Waals surface area (Å²) in [6, 6.07) is 14.0. The van der Waals surface area contributed by atoms with Gasteiger partial charge in [-0.3, -0.25) is 14.4 Å². The third kappa shape index (κ3) is 4.84. The molecule has 0 radical (unpaired) electrons. The topological polar surface area (TPSA) is 77.4 Å². The van der Waals surface area contributed by atoms with Crippen LogP contribution in [-0.2, 0) is 14.3 Å². The van der Waals surface area contributed by atoms with E-state index in [0.717, 1.165) is 50.4 Å². The van der Waals surface area contributed by atoms with Gasteiger partial charge < -0.3 is 19.3 Å². The summed E-state index contributed by atoms with van der Waals surface area (Å²) < 4.78 is 10.7. The van der Waals surface area contributed by atoms with Crippen LogP contribution in [-0.4, -0.2) is 68.9 Å². The maximum atomic E-state index is 13.6. The fourth-order valence-electron chi connectivity index (χ4n) is 4.87. The normalized spacial score (nSPS) is 21.5. The van der Waals surface area contributed by atoms with E-state index in [2.05, 4.69) is 0 Å². The molecule has 33 heavy (non-hydrogen) atoms. The van der Waals surface area contributed by atoms with Gasteiger partial charge in [0.1, 0.15) is 24.8 Å². The first-order chi connectivity index (χ1) is 16.0. The van der Waals surface area contributed by atoms with Gasteiger partial charge >= 0.3 is 0 Å². The average molecular weight is 452 g/mol. The Kier molecular flexibility index (Phi) is 7.20. The van der Waals surface area contributed by atoms with Crippen LogP contribution in [0.2, 0.25) is 0 Å². The van der Waals surface area contributed by atoms with Gasteiger partial charge in [0.25, 0.3) is 5.91 Å². The summed E-state index contributed by atoms with van der Waals surface area (Å²) in [6.45, 7) is 6.57. The molecule has 0 saturated carbocycles. The molecule has 0 spiro atoms. The summed E-state index contributed by atoms with van der Waals surface area (Å²) in [5.41, 5.74) is 1.98. The number of carbonyl (C=O) groups excluding carboxylic acids is 3. The molecule has 7 nitrogen and oxygen atoms in total. The Morgan fingerprint density at radius 1 is 1.12 bits per heavy atom. The van der Waals surface area contributed by atoms with E-state index >= 15 is 0 Å². The lowest BCUT2D eigenvalue weighted by Gasteiger charge is -2.29. The van der Waals surface area contributed by atoms with E-state index in [4.69, 9.17) is 9.47 Å². The van der Waals surface area contributed by atoms with Crippen LogP contribution < -0.4 is 9.64 Å². The van der Waals surface area contributed by atoms with Crippen LogP contribution in [0.3, 0.4) is 0 Å². The number of Topliss-reactive ketones (excluding diaryl/α,β-unsaturated/α-hetero) is 2. The molecule has 2 aromatic rings. The second-order valence-electron chi connectivity index (χ2n) is 8.71. The maximum absolute atomic E-state index is 13.6. The molecule has 0 aromatic heterocycles. The number of quaternary nitrogens is 1. The molecule has 2 heterocycles. The van der Waals surface area contributed by atoms with Crippen LogP contribution in [0.25, 0.3) is 0 Å². The molecule has 2 unspecified atom stereocenters. The number of methoxy groups -OCH3 is 1. The highest BCUT2D eigenvalue weighted by Crippen LogP contribution is 2.38. The second-order valence-corrected chi connectivity index (χ2v) is 8.71. The lowest BCUT2D eigenvalue weighted by Crippen LogP contribution is -3.14. The fraction of sp³-hybridized carbons (Fsp3) is 0.423. The van der Waals surface area contributed by atoms with Crippen molar-refractivity contribution < 1.29 is 28.8 Å². The molecular weight excluding hydrogens is 420 g/mol. The van der Waals surface area contributed by atoms with Crippen molar-refractivity contribution in [3.63, 3.8) is 0 Å². The number of aryl methyl sites for hydroxylation is 1. The zero-order valence-corrected chi connectivity index (χ0v) is 19.2. The number of hydrogen-bond acceptors (Lipinski definition) is 5. The van der Waals surface area contributed by atoms with E-state index in [1.54, 1.807) is 30.2 Å². The summed E-state index contributed by atoms with van der Waals surface area (Å²) in [5, 5.41) is 0. The third-order valence-corrected chi connectivity index (χ3v) is 6.66. The van der Waals surface area contributed by atoms with E-state index in [1.165, 1.54) is 4.90 Å². The van der Waals surface area contributed by atoms with Crippen LogP contribution in [0.1, 0.15) is 33.9 Å². The van der Waals surface area contributed by atoms with E-state index in [0.29, 0.717) is 17.9 Å². The van der Waals surface area contributed by atoms with Crippen molar-refractivity contribution in [2.24, 2.45) is 5.92 Å². The van der Waals surface area contributed by atoms with E-state index < -0.39 is 23.7 Å². The summed E-state index contributed by atoms with van der Waals surface area (Å²) in [4.78, 5) is 42.9. The fourth-order valence-corrected chi connectivity index (χ4v) is 4.87. The zero-order chi connectivity index (χ0) is 23.4. The molecule has 2 aliphatic heterocycles. The summed E-state index contributed by atoms with van der Waals surface area (Å²) in [6.07, 6.45) is 0.764. The van der Waals surface area contributed by atoms with Gasteiger partial charge in [0.05, 0.1) is 32.9 Å². The first-order valence-electron chi connectivity index (χ1n) is 11.5. The SMILES string of the molecule is COc1ccc(C(=O)C2C(=O)C(=O)N(CCC[NH+]3CCOCC3)C2c2ccccc2)c(C)c1. The zero-order valence-electron chi connectivity index (χ0n) is 19.2. The van der Waals surface area contributed by atoms with Crippen molar-refractivity contribution in [3.8, 4) is 5.75 Å². The number of amides is 1. The standard InChI is InChI=1S/C26H30N2O5/c1-18-17-20(32-2)9-10-21(18)24(29)22-23(19-7-4-3-5-8-19)28(26(31)25(22)30)12-6-11-27-13-15-33-16-14-27/h3-5,7-10,17,22-23H,6,11-16H2,1-2H3/p+1. The molecule has 2 aliphatic rings. The minimum atomic E-state index is -1.05. The minimum Gasteiger partial charge on any atom is -0.497 e. The number of benzene rings is 2. The van der Waals surface area contributed by atoms with Crippen LogP contribution in [0, 0.1) is 12.8 Å². The van der Waals surface area contributed by atoms with Crippen LogP contribution in [0.15, 0.2) is 48.5 Å². The predicted molar refractivity (Wildman–Crippen MR) is 122 cm³/mol. The lowest BCUT2D eigenvalue weighted by atomic mass is 9.85. The first-order valence-corrected chi connectivity index (χ1v) is 11.5. The van der Waals surface area contributed by atoms with Crippen LogP contribution >= 0.6 is 0 Å². The Labute approximate surface area is 194 Å². The van der Waals surface area contributed by atoms with Crippen molar-refractivity contribution in [2.75, 3.05) is 46.5 Å². The third-order valence-electron chi connectivity index (χ3n) is 6.66. The Morgan fingerprint density at radius 3 is 2.52 bits per heavy atom. The summed E-state index contributed by atoms with van der Waals surface area (Å²) in [5.74, 6) is -1.91. The Balaban J connectivity index is 1.60. The molecular formula is C26H31N2O5+.